The van der Waals surface area contributed by atoms with Crippen LogP contribution < -0.4 is 5.32 Å². The highest BCUT2D eigenvalue weighted by Gasteiger charge is 2.20. The third kappa shape index (κ3) is 4.29. The maximum Gasteiger partial charge on any atom is 0.129 e. The zero-order valence-electron chi connectivity index (χ0n) is 11.0. The number of benzene rings is 1. The van der Waals surface area contributed by atoms with Crippen molar-refractivity contribution >= 4 is 11.6 Å². The zero-order chi connectivity index (χ0) is 13.1. The van der Waals surface area contributed by atoms with Crippen LogP contribution in [0.2, 0.25) is 5.02 Å². The van der Waals surface area contributed by atoms with Gasteiger partial charge in [0.2, 0.25) is 0 Å². The van der Waals surface area contributed by atoms with Gasteiger partial charge in [-0.2, -0.15) is 0 Å². The summed E-state index contributed by atoms with van der Waals surface area (Å²) in [6.45, 7) is 6.55. The van der Waals surface area contributed by atoms with Gasteiger partial charge < -0.3 is 5.32 Å². The highest BCUT2D eigenvalue weighted by Crippen LogP contribution is 2.32. The first-order valence-corrected chi connectivity index (χ1v) is 6.34. The molecule has 0 heterocycles. The van der Waals surface area contributed by atoms with E-state index in [9.17, 15) is 4.39 Å². The molecule has 17 heavy (non-hydrogen) atoms. The summed E-state index contributed by atoms with van der Waals surface area (Å²) < 4.78 is 13.8. The molecule has 1 rings (SSSR count). The van der Waals surface area contributed by atoms with Crippen LogP contribution in [0.3, 0.4) is 0 Å². The molecule has 1 aromatic rings. The molecule has 3 heteroatoms. The number of hydrogen-bond donors (Lipinski definition) is 1. The topological polar surface area (TPSA) is 12.0 Å². The maximum atomic E-state index is 13.8. The minimum Gasteiger partial charge on any atom is -0.313 e. The first-order valence-electron chi connectivity index (χ1n) is 5.96. The van der Waals surface area contributed by atoms with Crippen molar-refractivity contribution in [2.24, 2.45) is 5.41 Å². The molecule has 0 fully saturated rings. The molecule has 0 aliphatic carbocycles. The second kappa shape index (κ2) is 5.83. The number of nitrogens with one attached hydrogen (secondary N) is 1. The molecule has 1 atom stereocenters. The third-order valence-electron chi connectivity index (χ3n) is 2.88. The van der Waals surface area contributed by atoms with Gasteiger partial charge in [-0.15, -0.1) is 0 Å². The molecule has 96 valence electrons. The normalized spacial score (nSPS) is 13.8. The van der Waals surface area contributed by atoms with Crippen LogP contribution in [0.4, 0.5) is 4.39 Å². The van der Waals surface area contributed by atoms with Crippen LogP contribution in [-0.2, 0) is 0 Å². The average molecular weight is 258 g/mol. The lowest BCUT2D eigenvalue weighted by Gasteiger charge is -2.24. The Hall–Kier alpha value is -0.600. The van der Waals surface area contributed by atoms with Crippen molar-refractivity contribution in [3.63, 3.8) is 0 Å². The molecule has 1 N–H and O–H groups in total. The van der Waals surface area contributed by atoms with Crippen molar-refractivity contribution in [1.82, 2.24) is 5.32 Å². The Kier molecular flexibility index (Phi) is 4.96. The quantitative estimate of drug-likeness (QED) is 0.833. The fourth-order valence-electron chi connectivity index (χ4n) is 1.85. The highest BCUT2D eigenvalue weighted by atomic mass is 35.5. The second-order valence-electron chi connectivity index (χ2n) is 5.58. The molecule has 0 amide bonds. The minimum absolute atomic E-state index is 0.0251. The Labute approximate surface area is 108 Å². The Morgan fingerprint density at radius 1 is 1.35 bits per heavy atom. The predicted octanol–water partition coefficient (Wildman–Crippen LogP) is 4.57. The molecule has 0 spiro atoms. The molecule has 1 nitrogen and oxygen atoms in total. The van der Waals surface area contributed by atoms with E-state index in [-0.39, 0.29) is 17.3 Å². The highest BCUT2D eigenvalue weighted by molar-refractivity contribution is 6.31. The molecule has 0 aliphatic heterocycles. The van der Waals surface area contributed by atoms with Crippen LogP contribution >= 0.6 is 11.6 Å². The van der Waals surface area contributed by atoms with Crippen molar-refractivity contribution < 1.29 is 4.39 Å². The number of halogens is 2. The van der Waals surface area contributed by atoms with Crippen LogP contribution in [0.5, 0.6) is 0 Å². The largest absolute Gasteiger partial charge is 0.313 e. The van der Waals surface area contributed by atoms with Crippen LogP contribution in [0.1, 0.15) is 45.2 Å². The van der Waals surface area contributed by atoms with E-state index in [0.717, 1.165) is 12.8 Å². The Bertz CT molecular complexity index is 351. The Balaban J connectivity index is 2.87. The second-order valence-corrected chi connectivity index (χ2v) is 5.98. The van der Waals surface area contributed by atoms with E-state index in [4.69, 9.17) is 11.6 Å². The number of rotatable bonds is 4. The Morgan fingerprint density at radius 2 is 2.00 bits per heavy atom. The molecule has 1 aromatic carbocycles. The third-order valence-corrected chi connectivity index (χ3v) is 3.21. The molecular weight excluding hydrogens is 237 g/mol. The summed E-state index contributed by atoms with van der Waals surface area (Å²) in [4.78, 5) is 0. The summed E-state index contributed by atoms with van der Waals surface area (Å²) in [6, 6.07) is 4.81. The fourth-order valence-corrected chi connectivity index (χ4v) is 2.15. The van der Waals surface area contributed by atoms with Gasteiger partial charge in [0.25, 0.3) is 0 Å². The Morgan fingerprint density at radius 3 is 2.47 bits per heavy atom. The predicted molar refractivity (Wildman–Crippen MR) is 71.9 cm³/mol. The lowest BCUT2D eigenvalue weighted by Crippen LogP contribution is -2.20. The van der Waals surface area contributed by atoms with E-state index >= 15 is 0 Å². The summed E-state index contributed by atoms with van der Waals surface area (Å²) >= 11 is 6.07. The molecule has 0 radical (unpaired) electrons. The van der Waals surface area contributed by atoms with Gasteiger partial charge in [0.1, 0.15) is 5.82 Å². The van der Waals surface area contributed by atoms with Crippen molar-refractivity contribution in [2.75, 3.05) is 7.05 Å². The van der Waals surface area contributed by atoms with E-state index in [0.29, 0.717) is 10.6 Å². The van der Waals surface area contributed by atoms with Gasteiger partial charge in [0.15, 0.2) is 0 Å². The standard InChI is InChI=1S/C14H21ClFN/c1-14(2,3)9-8-12(17-4)13-10(15)6-5-7-11(13)16/h5-7,12,17H,8-9H2,1-4H3. The van der Waals surface area contributed by atoms with Crippen LogP contribution in [0.25, 0.3) is 0 Å². The average Bonchev–Trinajstić information content (AvgIpc) is 2.21. The first-order chi connectivity index (χ1) is 7.85. The SMILES string of the molecule is CNC(CCC(C)(C)C)c1c(F)cccc1Cl. The zero-order valence-corrected chi connectivity index (χ0v) is 11.7. The van der Waals surface area contributed by atoms with Crippen molar-refractivity contribution in [1.29, 1.82) is 0 Å². The van der Waals surface area contributed by atoms with Gasteiger partial charge in [-0.05, 0) is 37.4 Å². The van der Waals surface area contributed by atoms with Gasteiger partial charge in [-0.25, -0.2) is 4.39 Å². The van der Waals surface area contributed by atoms with E-state index in [1.807, 2.05) is 7.05 Å². The van der Waals surface area contributed by atoms with Crippen molar-refractivity contribution in [2.45, 2.75) is 39.7 Å². The van der Waals surface area contributed by atoms with E-state index in [2.05, 4.69) is 26.1 Å². The van der Waals surface area contributed by atoms with Crippen molar-refractivity contribution in [3.8, 4) is 0 Å². The maximum absolute atomic E-state index is 13.8. The summed E-state index contributed by atoms with van der Waals surface area (Å²) in [6.07, 6.45) is 1.89. The lowest BCUT2D eigenvalue weighted by atomic mass is 9.87. The fraction of sp³-hybridized carbons (Fsp3) is 0.571. The molecular formula is C14H21ClFN. The summed E-state index contributed by atoms with van der Waals surface area (Å²) in [5.41, 5.74) is 0.827. The summed E-state index contributed by atoms with van der Waals surface area (Å²) in [7, 11) is 1.84. The molecule has 1 unspecified atom stereocenters. The van der Waals surface area contributed by atoms with Gasteiger partial charge in [-0.1, -0.05) is 38.4 Å². The van der Waals surface area contributed by atoms with Crippen molar-refractivity contribution in [3.05, 3.63) is 34.6 Å². The minimum atomic E-state index is -0.231. The van der Waals surface area contributed by atoms with Gasteiger partial charge in [-0.3, -0.25) is 0 Å². The van der Waals surface area contributed by atoms with E-state index in [1.165, 1.54) is 6.07 Å². The van der Waals surface area contributed by atoms with Gasteiger partial charge in [0, 0.05) is 16.6 Å². The molecule has 0 aromatic heterocycles. The summed E-state index contributed by atoms with van der Waals surface area (Å²) in [5, 5.41) is 3.65. The molecule has 0 aliphatic rings. The van der Waals surface area contributed by atoms with E-state index < -0.39 is 0 Å². The summed E-state index contributed by atoms with van der Waals surface area (Å²) in [5.74, 6) is -0.231. The lowest BCUT2D eigenvalue weighted by molar-refractivity contribution is 0.335. The van der Waals surface area contributed by atoms with Gasteiger partial charge in [0.05, 0.1) is 0 Å². The van der Waals surface area contributed by atoms with Crippen LogP contribution in [-0.4, -0.2) is 7.05 Å². The van der Waals surface area contributed by atoms with Crippen LogP contribution in [0, 0.1) is 11.2 Å². The first kappa shape index (κ1) is 14.5. The smallest absolute Gasteiger partial charge is 0.129 e. The molecule has 0 saturated heterocycles. The van der Waals surface area contributed by atoms with Gasteiger partial charge >= 0.3 is 0 Å². The van der Waals surface area contributed by atoms with Crippen LogP contribution in [0.15, 0.2) is 18.2 Å². The van der Waals surface area contributed by atoms with E-state index in [1.54, 1.807) is 12.1 Å². The number of hydrogen-bond acceptors (Lipinski definition) is 1. The monoisotopic (exact) mass is 257 g/mol. The molecule has 0 bridgehead atoms. The molecule has 0 saturated carbocycles.